The average Bonchev–Trinajstić information content (AvgIpc) is 3.57. The molecule has 0 unspecified atom stereocenters. The van der Waals surface area contributed by atoms with Gasteiger partial charge in [-0.3, -0.25) is 9.69 Å². The summed E-state index contributed by atoms with van der Waals surface area (Å²) in [5.41, 5.74) is 4.63. The van der Waals surface area contributed by atoms with E-state index in [0.717, 1.165) is 35.2 Å². The monoisotopic (exact) mass is 542 g/mol. The summed E-state index contributed by atoms with van der Waals surface area (Å²) >= 11 is 0. The molecule has 3 aliphatic rings. The molecule has 6 rings (SSSR count). The molecule has 1 amide bonds. The van der Waals surface area contributed by atoms with Gasteiger partial charge in [-0.15, -0.1) is 13.2 Å². The zero-order valence-electron chi connectivity index (χ0n) is 21.7. The Hall–Kier alpha value is -3.44. The van der Waals surface area contributed by atoms with Crippen molar-refractivity contribution in [3.8, 4) is 16.9 Å². The molecule has 2 fully saturated rings. The molecule has 1 saturated carbocycles. The first-order valence-electron chi connectivity index (χ1n) is 13.0. The Balaban J connectivity index is 1.25. The molecule has 0 bridgehead atoms. The Morgan fingerprint density at radius 1 is 1.23 bits per heavy atom. The fourth-order valence-electron chi connectivity index (χ4n) is 5.61. The molecule has 2 aromatic carbocycles. The van der Waals surface area contributed by atoms with Crippen LogP contribution in [0.1, 0.15) is 47.7 Å². The minimum absolute atomic E-state index is 0.0530. The number of fused-ring (bicyclic) bond motifs is 1. The SMILES string of the molecule is Cc1noc([C@H]2C[C@@H]2C(=O)NCc2ccc(-c3cccc(OC(F)(F)F)c3)c3c2CN(C2(C)COC2)CC3)n1. The van der Waals surface area contributed by atoms with Crippen molar-refractivity contribution >= 4 is 5.91 Å². The van der Waals surface area contributed by atoms with Gasteiger partial charge in [0.2, 0.25) is 11.8 Å². The molecule has 2 aliphatic heterocycles. The lowest BCUT2D eigenvalue weighted by atomic mass is 9.85. The predicted octanol–water partition coefficient (Wildman–Crippen LogP) is 4.51. The summed E-state index contributed by atoms with van der Waals surface area (Å²) in [7, 11) is 0. The van der Waals surface area contributed by atoms with Crippen molar-refractivity contribution in [1.82, 2.24) is 20.4 Å². The molecular formula is C28H29F3N4O4. The Morgan fingerprint density at radius 2 is 2.05 bits per heavy atom. The maximum absolute atomic E-state index is 12.9. The molecule has 39 heavy (non-hydrogen) atoms. The maximum atomic E-state index is 12.9. The zero-order valence-corrected chi connectivity index (χ0v) is 21.7. The number of hydrogen-bond donors (Lipinski definition) is 1. The van der Waals surface area contributed by atoms with Crippen LogP contribution in [0.5, 0.6) is 5.75 Å². The Kier molecular flexibility index (Phi) is 6.38. The van der Waals surface area contributed by atoms with Crippen LogP contribution in [0.25, 0.3) is 11.1 Å². The van der Waals surface area contributed by atoms with Crippen LogP contribution in [0.4, 0.5) is 13.2 Å². The van der Waals surface area contributed by atoms with Crippen LogP contribution in [-0.4, -0.2) is 52.6 Å². The third-order valence-electron chi connectivity index (χ3n) is 7.92. The highest BCUT2D eigenvalue weighted by Crippen LogP contribution is 2.47. The van der Waals surface area contributed by atoms with Gasteiger partial charge in [-0.1, -0.05) is 29.4 Å². The summed E-state index contributed by atoms with van der Waals surface area (Å²) in [4.78, 5) is 19.6. The van der Waals surface area contributed by atoms with E-state index in [9.17, 15) is 18.0 Å². The first kappa shape index (κ1) is 25.8. The van der Waals surface area contributed by atoms with E-state index in [2.05, 4.69) is 32.0 Å². The van der Waals surface area contributed by atoms with Gasteiger partial charge in [0.25, 0.3) is 0 Å². The molecule has 0 spiro atoms. The third-order valence-corrected chi connectivity index (χ3v) is 7.92. The number of nitrogens with zero attached hydrogens (tertiary/aromatic N) is 3. The highest BCUT2D eigenvalue weighted by Gasteiger charge is 2.47. The van der Waals surface area contributed by atoms with Crippen LogP contribution in [0.2, 0.25) is 0 Å². The molecule has 3 aromatic rings. The van der Waals surface area contributed by atoms with Crippen LogP contribution in [-0.2, 0) is 29.0 Å². The van der Waals surface area contributed by atoms with Gasteiger partial charge in [0.1, 0.15) is 5.75 Å². The summed E-state index contributed by atoms with van der Waals surface area (Å²) in [6.45, 7) is 7.06. The number of benzene rings is 2. The van der Waals surface area contributed by atoms with Gasteiger partial charge in [0, 0.05) is 19.6 Å². The molecule has 0 radical (unpaired) electrons. The second-order valence-corrected chi connectivity index (χ2v) is 10.8. The standard InChI is InChI=1S/C28H29F3N4O4/c1-16-33-26(39-34-16)23-11-22(23)25(36)32-12-18-6-7-20(17-4-3-5-19(10-17)38-28(29,30)31)21-8-9-35(13-24(18)21)27(2)14-37-15-27/h3-7,10,22-23H,8-9,11-15H2,1-2H3,(H,32,36)/t22-,23-/m0/s1. The number of carbonyl (C=O) groups excluding carboxylic acids is 1. The number of halogens is 3. The summed E-state index contributed by atoms with van der Waals surface area (Å²) in [6.07, 6.45) is -3.36. The van der Waals surface area contributed by atoms with Gasteiger partial charge in [-0.2, -0.15) is 4.98 Å². The van der Waals surface area contributed by atoms with Gasteiger partial charge in [-0.25, -0.2) is 0 Å². The Morgan fingerprint density at radius 3 is 2.74 bits per heavy atom. The number of amides is 1. The van der Waals surface area contributed by atoms with Crippen LogP contribution < -0.4 is 10.1 Å². The molecule has 206 valence electrons. The summed E-state index contributed by atoms with van der Waals surface area (Å²) in [5, 5.41) is 6.89. The molecule has 1 N–H and O–H groups in total. The van der Waals surface area contributed by atoms with Crippen LogP contribution in [0, 0.1) is 12.8 Å². The lowest BCUT2D eigenvalue weighted by Crippen LogP contribution is -2.61. The molecule has 8 nitrogen and oxygen atoms in total. The number of hydrogen-bond acceptors (Lipinski definition) is 7. The Bertz CT molecular complexity index is 1400. The maximum Gasteiger partial charge on any atom is 0.573 e. The van der Waals surface area contributed by atoms with Crippen molar-refractivity contribution in [2.75, 3.05) is 19.8 Å². The number of aromatic nitrogens is 2. The van der Waals surface area contributed by atoms with Crippen molar-refractivity contribution in [2.45, 2.75) is 57.6 Å². The largest absolute Gasteiger partial charge is 0.573 e. The molecule has 3 heterocycles. The quantitative estimate of drug-likeness (QED) is 0.470. The van der Waals surface area contributed by atoms with Crippen molar-refractivity contribution < 1.29 is 32.0 Å². The van der Waals surface area contributed by atoms with E-state index in [4.69, 9.17) is 9.26 Å². The molecular weight excluding hydrogens is 513 g/mol. The molecule has 1 aromatic heterocycles. The lowest BCUT2D eigenvalue weighted by Gasteiger charge is -2.49. The second-order valence-electron chi connectivity index (χ2n) is 10.8. The van der Waals surface area contributed by atoms with E-state index in [1.165, 1.54) is 12.1 Å². The molecule has 11 heteroatoms. The van der Waals surface area contributed by atoms with Crippen molar-refractivity contribution in [2.24, 2.45) is 5.92 Å². The van der Waals surface area contributed by atoms with E-state index in [0.29, 0.717) is 50.0 Å². The number of nitrogens with one attached hydrogen (secondary N) is 1. The summed E-state index contributed by atoms with van der Waals surface area (Å²) in [6, 6.07) is 9.96. The summed E-state index contributed by atoms with van der Waals surface area (Å²) < 4.78 is 53.4. The van der Waals surface area contributed by atoms with Gasteiger partial charge in [0.15, 0.2) is 5.82 Å². The van der Waals surface area contributed by atoms with Crippen LogP contribution >= 0.6 is 0 Å². The zero-order chi connectivity index (χ0) is 27.4. The van der Waals surface area contributed by atoms with Gasteiger partial charge in [-0.05, 0) is 66.6 Å². The molecule has 1 saturated heterocycles. The van der Waals surface area contributed by atoms with E-state index in [-0.39, 0.29) is 29.0 Å². The first-order valence-corrected chi connectivity index (χ1v) is 13.0. The van der Waals surface area contributed by atoms with Crippen molar-refractivity contribution in [3.05, 3.63) is 64.8 Å². The van der Waals surface area contributed by atoms with Crippen LogP contribution in [0.3, 0.4) is 0 Å². The third kappa shape index (κ3) is 5.25. The molecule has 1 aliphatic carbocycles. The predicted molar refractivity (Wildman–Crippen MR) is 134 cm³/mol. The number of alkyl halides is 3. The first-order chi connectivity index (χ1) is 18.6. The average molecular weight is 543 g/mol. The highest BCUT2D eigenvalue weighted by molar-refractivity contribution is 5.82. The van der Waals surface area contributed by atoms with E-state index >= 15 is 0 Å². The van der Waals surface area contributed by atoms with Gasteiger partial charge < -0.3 is 19.3 Å². The molecule has 2 atom stereocenters. The van der Waals surface area contributed by atoms with Crippen LogP contribution in [0.15, 0.2) is 40.9 Å². The van der Waals surface area contributed by atoms with Crippen molar-refractivity contribution in [3.63, 3.8) is 0 Å². The number of carbonyl (C=O) groups is 1. The minimum Gasteiger partial charge on any atom is -0.406 e. The smallest absolute Gasteiger partial charge is 0.406 e. The minimum atomic E-state index is -4.76. The lowest BCUT2D eigenvalue weighted by molar-refractivity contribution is -0.274. The topological polar surface area (TPSA) is 89.7 Å². The number of rotatable bonds is 7. The normalized spacial score (nSPS) is 22.1. The number of ether oxygens (including phenoxy) is 2. The second kappa shape index (κ2) is 9.63. The highest BCUT2D eigenvalue weighted by atomic mass is 19.4. The van der Waals surface area contributed by atoms with E-state index in [1.807, 2.05) is 12.1 Å². The summed E-state index contributed by atoms with van der Waals surface area (Å²) in [5.74, 6) is 0.488. The number of aryl methyl sites for hydroxylation is 1. The fraction of sp³-hybridized carbons (Fsp3) is 0.464. The van der Waals surface area contributed by atoms with Gasteiger partial charge in [0.05, 0.1) is 30.6 Å². The van der Waals surface area contributed by atoms with Gasteiger partial charge >= 0.3 is 6.36 Å². The van der Waals surface area contributed by atoms with E-state index < -0.39 is 6.36 Å². The van der Waals surface area contributed by atoms with Crippen molar-refractivity contribution in [1.29, 1.82) is 0 Å². The fourth-order valence-corrected chi connectivity index (χ4v) is 5.61. The van der Waals surface area contributed by atoms with E-state index in [1.54, 1.807) is 19.1 Å². The Labute approximate surface area is 223 Å².